The number of methoxy groups -OCH3 is 2. The highest BCUT2D eigenvalue weighted by molar-refractivity contribution is 7.89. The van der Waals surface area contributed by atoms with Gasteiger partial charge in [-0.25, -0.2) is 8.42 Å². The molecule has 2 N–H and O–H groups in total. The topological polar surface area (TPSA) is 97.0 Å². The highest BCUT2D eigenvalue weighted by atomic mass is 32.2. The van der Waals surface area contributed by atoms with Gasteiger partial charge in [0, 0.05) is 30.5 Å². The van der Waals surface area contributed by atoms with Crippen LogP contribution in [0.1, 0.15) is 12.8 Å². The highest BCUT2D eigenvalue weighted by Gasteiger charge is 2.27. The molecule has 1 fully saturated rings. The van der Waals surface area contributed by atoms with E-state index < -0.39 is 10.0 Å². The van der Waals surface area contributed by atoms with E-state index in [1.165, 1.54) is 18.5 Å². The van der Waals surface area contributed by atoms with Crippen LogP contribution in [-0.4, -0.2) is 52.5 Å². The van der Waals surface area contributed by atoms with Gasteiger partial charge in [0.25, 0.3) is 0 Å². The van der Waals surface area contributed by atoms with E-state index in [0.717, 1.165) is 12.8 Å². The summed E-state index contributed by atoms with van der Waals surface area (Å²) >= 11 is 0. The van der Waals surface area contributed by atoms with E-state index in [9.17, 15) is 13.2 Å². The Kier molecular flexibility index (Phi) is 6.60. The predicted octanol–water partition coefficient (Wildman–Crippen LogP) is 2.54. The molecule has 1 heterocycles. The number of sulfonamides is 1. The van der Waals surface area contributed by atoms with E-state index in [1.54, 1.807) is 42.5 Å². The summed E-state index contributed by atoms with van der Waals surface area (Å²) in [6.45, 7) is 1.09. The van der Waals surface area contributed by atoms with E-state index in [1.807, 2.05) is 0 Å². The number of nitrogens with one attached hydrogen (secondary N) is 2. The van der Waals surface area contributed by atoms with Crippen molar-refractivity contribution < 1.29 is 22.7 Å². The third kappa shape index (κ3) is 4.99. The van der Waals surface area contributed by atoms with Gasteiger partial charge in [0.05, 0.1) is 25.7 Å². The number of hydrogen-bond acceptors (Lipinski definition) is 6. The van der Waals surface area contributed by atoms with Crippen LogP contribution in [0.25, 0.3) is 0 Å². The number of anilines is 2. The summed E-state index contributed by atoms with van der Waals surface area (Å²) in [5.41, 5.74) is 1.13. The van der Waals surface area contributed by atoms with Crippen LogP contribution in [-0.2, 0) is 14.8 Å². The van der Waals surface area contributed by atoms with Crippen LogP contribution in [0.3, 0.4) is 0 Å². The molecule has 0 aliphatic carbocycles. The van der Waals surface area contributed by atoms with Crippen molar-refractivity contribution in [2.75, 3.05) is 44.5 Å². The van der Waals surface area contributed by atoms with E-state index in [-0.39, 0.29) is 17.3 Å². The molecule has 2 aromatic rings. The molecule has 0 bridgehead atoms. The van der Waals surface area contributed by atoms with Gasteiger partial charge in [-0.2, -0.15) is 4.31 Å². The van der Waals surface area contributed by atoms with Gasteiger partial charge in [0.2, 0.25) is 15.9 Å². The van der Waals surface area contributed by atoms with Crippen molar-refractivity contribution in [1.29, 1.82) is 0 Å². The van der Waals surface area contributed by atoms with E-state index in [4.69, 9.17) is 9.47 Å². The second kappa shape index (κ2) is 9.15. The molecule has 0 aromatic heterocycles. The largest absolute Gasteiger partial charge is 0.493 e. The van der Waals surface area contributed by atoms with Crippen molar-refractivity contribution in [3.05, 3.63) is 42.5 Å². The van der Waals surface area contributed by atoms with Crippen LogP contribution in [0.5, 0.6) is 11.5 Å². The van der Waals surface area contributed by atoms with E-state index in [0.29, 0.717) is 36.0 Å². The number of ether oxygens (including phenoxy) is 2. The standard InChI is InChI=1S/C20H25N3O5S/c1-27-18-9-8-16(13-19(18)28-2)22-20(24)14-21-15-6-5-7-17(12-15)29(25,26)23-10-3-4-11-23/h5-9,12-13,21H,3-4,10-11,14H2,1-2H3,(H,22,24). The lowest BCUT2D eigenvalue weighted by molar-refractivity contribution is -0.114. The molecule has 0 atom stereocenters. The zero-order valence-corrected chi connectivity index (χ0v) is 17.3. The lowest BCUT2D eigenvalue weighted by Gasteiger charge is -2.16. The number of carbonyl (C=O) groups excluding carboxylic acids is 1. The zero-order chi connectivity index (χ0) is 20.9. The van der Waals surface area contributed by atoms with Gasteiger partial charge < -0.3 is 20.1 Å². The van der Waals surface area contributed by atoms with Crippen LogP contribution in [0.2, 0.25) is 0 Å². The van der Waals surface area contributed by atoms with Gasteiger partial charge in [0.1, 0.15) is 0 Å². The number of rotatable bonds is 8. The molecule has 9 heteroatoms. The number of nitrogens with zero attached hydrogens (tertiary/aromatic N) is 1. The summed E-state index contributed by atoms with van der Waals surface area (Å²) in [6.07, 6.45) is 1.76. The maximum atomic E-state index is 12.7. The van der Waals surface area contributed by atoms with Crippen molar-refractivity contribution in [2.45, 2.75) is 17.7 Å². The van der Waals surface area contributed by atoms with Crippen LogP contribution < -0.4 is 20.1 Å². The van der Waals surface area contributed by atoms with Crippen molar-refractivity contribution in [3.8, 4) is 11.5 Å². The average Bonchev–Trinajstić information content (AvgIpc) is 3.28. The van der Waals surface area contributed by atoms with Crippen molar-refractivity contribution in [2.24, 2.45) is 0 Å². The molecule has 1 aliphatic rings. The normalized spacial score (nSPS) is 14.4. The molecule has 0 saturated carbocycles. The first kappa shape index (κ1) is 20.9. The lowest BCUT2D eigenvalue weighted by atomic mass is 10.2. The fourth-order valence-electron chi connectivity index (χ4n) is 3.15. The van der Waals surface area contributed by atoms with Gasteiger partial charge in [0.15, 0.2) is 11.5 Å². The second-order valence-corrected chi connectivity index (χ2v) is 8.55. The number of hydrogen-bond donors (Lipinski definition) is 2. The molecular formula is C20H25N3O5S. The Morgan fingerprint density at radius 2 is 1.72 bits per heavy atom. The third-order valence-electron chi connectivity index (χ3n) is 4.66. The fraction of sp³-hybridized carbons (Fsp3) is 0.350. The highest BCUT2D eigenvalue weighted by Crippen LogP contribution is 2.29. The summed E-state index contributed by atoms with van der Waals surface area (Å²) in [5.74, 6) is 0.808. The molecule has 0 radical (unpaired) electrons. The first-order valence-electron chi connectivity index (χ1n) is 9.30. The number of amides is 1. The Morgan fingerprint density at radius 1 is 1.00 bits per heavy atom. The maximum Gasteiger partial charge on any atom is 0.243 e. The molecule has 156 valence electrons. The monoisotopic (exact) mass is 419 g/mol. The first-order valence-corrected chi connectivity index (χ1v) is 10.7. The molecule has 0 unspecified atom stereocenters. The smallest absolute Gasteiger partial charge is 0.243 e. The Hall–Kier alpha value is -2.78. The van der Waals surface area contributed by atoms with Crippen LogP contribution >= 0.6 is 0 Å². The summed E-state index contributed by atoms with van der Waals surface area (Å²) in [7, 11) is -0.434. The quantitative estimate of drug-likeness (QED) is 0.683. The minimum absolute atomic E-state index is 0.0123. The van der Waals surface area contributed by atoms with Crippen molar-refractivity contribution in [3.63, 3.8) is 0 Å². The van der Waals surface area contributed by atoms with Crippen LogP contribution in [0.15, 0.2) is 47.4 Å². The Morgan fingerprint density at radius 3 is 2.41 bits per heavy atom. The number of benzene rings is 2. The van der Waals surface area contributed by atoms with Gasteiger partial charge in [-0.3, -0.25) is 4.79 Å². The van der Waals surface area contributed by atoms with E-state index >= 15 is 0 Å². The molecule has 1 saturated heterocycles. The summed E-state index contributed by atoms with van der Waals surface area (Å²) in [4.78, 5) is 12.5. The van der Waals surface area contributed by atoms with Gasteiger partial charge in [-0.05, 0) is 43.2 Å². The molecule has 1 amide bonds. The van der Waals surface area contributed by atoms with Crippen molar-refractivity contribution in [1.82, 2.24) is 4.31 Å². The molecule has 8 nitrogen and oxygen atoms in total. The summed E-state index contributed by atoms with van der Waals surface area (Å²) in [6, 6.07) is 11.6. The lowest BCUT2D eigenvalue weighted by Crippen LogP contribution is -2.28. The maximum absolute atomic E-state index is 12.7. The van der Waals surface area contributed by atoms with Gasteiger partial charge in [-0.15, -0.1) is 0 Å². The zero-order valence-electron chi connectivity index (χ0n) is 16.5. The molecule has 0 spiro atoms. The molecular weight excluding hydrogens is 394 g/mol. The SMILES string of the molecule is COc1ccc(NC(=O)CNc2cccc(S(=O)(=O)N3CCCC3)c2)cc1OC. The van der Waals surface area contributed by atoms with Crippen LogP contribution in [0, 0.1) is 0 Å². The first-order chi connectivity index (χ1) is 13.9. The van der Waals surface area contributed by atoms with Gasteiger partial charge >= 0.3 is 0 Å². The van der Waals surface area contributed by atoms with E-state index in [2.05, 4.69) is 10.6 Å². The fourth-order valence-corrected chi connectivity index (χ4v) is 4.71. The molecule has 29 heavy (non-hydrogen) atoms. The summed E-state index contributed by atoms with van der Waals surface area (Å²) < 4.78 is 37.2. The minimum atomic E-state index is -3.50. The molecule has 1 aliphatic heterocycles. The number of carbonyl (C=O) groups is 1. The summed E-state index contributed by atoms with van der Waals surface area (Å²) in [5, 5.41) is 5.73. The third-order valence-corrected chi connectivity index (χ3v) is 6.55. The molecule has 3 rings (SSSR count). The molecule has 2 aromatic carbocycles. The average molecular weight is 420 g/mol. The second-order valence-electron chi connectivity index (χ2n) is 6.61. The Bertz CT molecular complexity index is 972. The van der Waals surface area contributed by atoms with Crippen LogP contribution in [0.4, 0.5) is 11.4 Å². The predicted molar refractivity (Wildman–Crippen MR) is 111 cm³/mol. The van der Waals surface area contributed by atoms with Gasteiger partial charge in [-0.1, -0.05) is 6.07 Å². The Labute approximate surface area is 170 Å². The van der Waals surface area contributed by atoms with Crippen molar-refractivity contribution >= 4 is 27.3 Å². The minimum Gasteiger partial charge on any atom is -0.493 e. The Balaban J connectivity index is 1.62.